The molecular weight excluding hydrogens is 387 g/mol. The van der Waals surface area contributed by atoms with Crippen molar-refractivity contribution in [2.24, 2.45) is 0 Å². The highest BCUT2D eigenvalue weighted by molar-refractivity contribution is 5.55. The van der Waals surface area contributed by atoms with Crippen LogP contribution in [0.5, 0.6) is 5.75 Å². The molecule has 0 aliphatic carbocycles. The maximum absolute atomic E-state index is 13.9. The van der Waals surface area contributed by atoms with Gasteiger partial charge >= 0.3 is 0 Å². The second kappa shape index (κ2) is 15.6. The van der Waals surface area contributed by atoms with Crippen LogP contribution >= 0.6 is 0 Å². The smallest absolute Gasteiger partial charge is 0.159 e. The Morgan fingerprint density at radius 1 is 0.935 bits per heavy atom. The van der Waals surface area contributed by atoms with Crippen LogP contribution in [0, 0.1) is 0 Å². The van der Waals surface area contributed by atoms with Gasteiger partial charge in [-0.15, -0.1) is 6.58 Å². The second-order valence-electron chi connectivity index (χ2n) is 8.29. The average molecular weight is 427 g/mol. The van der Waals surface area contributed by atoms with E-state index < -0.39 is 6.17 Å². The SMILES string of the molecule is C=CCCCCCCCc1cnc(-c2ccc(OCC(F)CCCCCC)cc2)nc1. The first-order valence-electron chi connectivity index (χ1n) is 12.0. The van der Waals surface area contributed by atoms with Gasteiger partial charge in [-0.1, -0.05) is 57.9 Å². The van der Waals surface area contributed by atoms with Crippen LogP contribution in [0.15, 0.2) is 49.3 Å². The van der Waals surface area contributed by atoms with E-state index in [9.17, 15) is 4.39 Å². The zero-order valence-corrected chi connectivity index (χ0v) is 19.2. The summed E-state index contributed by atoms with van der Waals surface area (Å²) in [5, 5.41) is 0. The standard InChI is InChI=1S/C27H39FN2O/c1-3-5-7-9-10-11-12-14-23-20-29-27(30-21-23)24-16-18-26(19-17-24)31-22-25(28)15-13-8-6-4-2/h3,16-21,25H,1,4-15,22H2,2H3. The van der Waals surface area contributed by atoms with E-state index in [1.165, 1.54) is 50.5 Å². The van der Waals surface area contributed by atoms with Crippen molar-refractivity contribution in [3.8, 4) is 17.1 Å². The Bertz CT molecular complexity index is 715. The molecule has 3 nitrogen and oxygen atoms in total. The number of hydrogen-bond acceptors (Lipinski definition) is 3. The minimum Gasteiger partial charge on any atom is -0.491 e. The molecule has 0 spiro atoms. The highest BCUT2D eigenvalue weighted by Gasteiger charge is 2.08. The highest BCUT2D eigenvalue weighted by Crippen LogP contribution is 2.20. The molecule has 1 heterocycles. The lowest BCUT2D eigenvalue weighted by atomic mass is 10.1. The van der Waals surface area contributed by atoms with Crippen LogP contribution in [0.3, 0.4) is 0 Å². The van der Waals surface area contributed by atoms with Crippen molar-refractivity contribution in [2.45, 2.75) is 90.1 Å². The number of nitrogens with zero attached hydrogens (tertiary/aromatic N) is 2. The Morgan fingerprint density at radius 3 is 2.32 bits per heavy atom. The molecule has 31 heavy (non-hydrogen) atoms. The molecular formula is C27H39FN2O. The molecule has 0 fully saturated rings. The van der Waals surface area contributed by atoms with Gasteiger partial charge in [-0.25, -0.2) is 14.4 Å². The van der Waals surface area contributed by atoms with Crippen LogP contribution in [-0.2, 0) is 6.42 Å². The van der Waals surface area contributed by atoms with Crippen molar-refractivity contribution in [1.29, 1.82) is 0 Å². The van der Waals surface area contributed by atoms with Crippen molar-refractivity contribution < 1.29 is 9.13 Å². The third-order valence-corrected chi connectivity index (χ3v) is 5.49. The number of hydrogen-bond donors (Lipinski definition) is 0. The molecule has 0 N–H and O–H groups in total. The molecule has 2 rings (SSSR count). The van der Waals surface area contributed by atoms with Crippen LogP contribution in [0.25, 0.3) is 11.4 Å². The van der Waals surface area contributed by atoms with E-state index in [0.29, 0.717) is 18.0 Å². The number of rotatable bonds is 17. The molecule has 0 saturated heterocycles. The Morgan fingerprint density at radius 2 is 1.61 bits per heavy atom. The Balaban J connectivity index is 1.70. The fourth-order valence-electron chi connectivity index (χ4n) is 3.54. The molecule has 0 aliphatic rings. The highest BCUT2D eigenvalue weighted by atomic mass is 19.1. The van der Waals surface area contributed by atoms with Gasteiger partial charge in [0.15, 0.2) is 5.82 Å². The van der Waals surface area contributed by atoms with E-state index >= 15 is 0 Å². The van der Waals surface area contributed by atoms with Gasteiger partial charge in [0.25, 0.3) is 0 Å². The third kappa shape index (κ3) is 10.6. The third-order valence-electron chi connectivity index (χ3n) is 5.49. The Labute approximate surface area is 188 Å². The number of allylic oxidation sites excluding steroid dienone is 1. The molecule has 1 unspecified atom stereocenters. The van der Waals surface area contributed by atoms with E-state index in [1.54, 1.807) is 0 Å². The van der Waals surface area contributed by atoms with Gasteiger partial charge < -0.3 is 4.74 Å². The van der Waals surface area contributed by atoms with E-state index in [0.717, 1.165) is 31.2 Å². The maximum Gasteiger partial charge on any atom is 0.159 e. The molecule has 0 radical (unpaired) electrons. The molecule has 0 saturated carbocycles. The molecule has 1 aromatic carbocycles. The van der Waals surface area contributed by atoms with Crippen LogP contribution in [-0.4, -0.2) is 22.7 Å². The second-order valence-corrected chi connectivity index (χ2v) is 8.29. The summed E-state index contributed by atoms with van der Waals surface area (Å²) >= 11 is 0. The van der Waals surface area contributed by atoms with Gasteiger partial charge in [-0.3, -0.25) is 0 Å². The summed E-state index contributed by atoms with van der Waals surface area (Å²) < 4.78 is 19.5. The Hall–Kier alpha value is -2.23. The molecule has 4 heteroatoms. The molecule has 0 aliphatic heterocycles. The van der Waals surface area contributed by atoms with Crippen molar-refractivity contribution in [3.63, 3.8) is 0 Å². The van der Waals surface area contributed by atoms with Crippen molar-refractivity contribution in [1.82, 2.24) is 9.97 Å². The first kappa shape index (κ1) is 25.0. The summed E-state index contributed by atoms with van der Waals surface area (Å²) in [6, 6.07) is 7.59. The van der Waals surface area contributed by atoms with E-state index in [-0.39, 0.29) is 6.61 Å². The molecule has 1 aromatic heterocycles. The zero-order valence-electron chi connectivity index (χ0n) is 19.2. The van der Waals surface area contributed by atoms with Crippen molar-refractivity contribution >= 4 is 0 Å². The Kier molecular flexibility index (Phi) is 12.6. The predicted octanol–water partition coefficient (Wildman–Crippen LogP) is 7.90. The van der Waals surface area contributed by atoms with Crippen LogP contribution < -0.4 is 4.74 Å². The molecule has 170 valence electrons. The number of ether oxygens (including phenoxy) is 1. The molecule has 2 aromatic rings. The van der Waals surface area contributed by atoms with E-state index in [4.69, 9.17) is 4.74 Å². The summed E-state index contributed by atoms with van der Waals surface area (Å²) in [6.45, 7) is 6.04. The largest absolute Gasteiger partial charge is 0.491 e. The van der Waals surface area contributed by atoms with Gasteiger partial charge in [-0.05, 0) is 61.9 Å². The number of alkyl halides is 1. The normalized spacial score (nSPS) is 11.9. The zero-order chi connectivity index (χ0) is 22.2. The van der Waals surface area contributed by atoms with Gasteiger partial charge in [0.05, 0.1) is 0 Å². The van der Waals surface area contributed by atoms with E-state index in [2.05, 4.69) is 23.5 Å². The lowest BCUT2D eigenvalue weighted by Gasteiger charge is -2.11. The molecule has 1 atom stereocenters. The van der Waals surface area contributed by atoms with Gasteiger partial charge in [-0.2, -0.15) is 0 Å². The summed E-state index contributed by atoms with van der Waals surface area (Å²) in [7, 11) is 0. The summed E-state index contributed by atoms with van der Waals surface area (Å²) in [4.78, 5) is 9.04. The minimum absolute atomic E-state index is 0.116. The topological polar surface area (TPSA) is 35.0 Å². The minimum atomic E-state index is -0.903. The first-order chi connectivity index (χ1) is 15.2. The van der Waals surface area contributed by atoms with Crippen molar-refractivity contribution in [3.05, 3.63) is 54.9 Å². The number of unbranched alkanes of at least 4 members (excludes halogenated alkanes) is 8. The lowest BCUT2D eigenvalue weighted by Crippen LogP contribution is -2.12. The van der Waals surface area contributed by atoms with Crippen molar-refractivity contribution in [2.75, 3.05) is 6.61 Å². The van der Waals surface area contributed by atoms with Crippen LogP contribution in [0.1, 0.15) is 83.1 Å². The van der Waals surface area contributed by atoms with Gasteiger partial charge in [0.1, 0.15) is 18.5 Å². The van der Waals surface area contributed by atoms with Gasteiger partial charge in [0.2, 0.25) is 0 Å². The summed E-state index contributed by atoms with van der Waals surface area (Å²) in [5.41, 5.74) is 2.13. The fraction of sp³-hybridized carbons (Fsp3) is 0.556. The monoisotopic (exact) mass is 426 g/mol. The van der Waals surface area contributed by atoms with Crippen LogP contribution in [0.2, 0.25) is 0 Å². The number of halogens is 1. The number of aromatic nitrogens is 2. The molecule has 0 bridgehead atoms. The summed E-state index contributed by atoms with van der Waals surface area (Å²) in [6.07, 6.45) is 18.3. The fourth-order valence-corrected chi connectivity index (χ4v) is 3.54. The van der Waals surface area contributed by atoms with Crippen LogP contribution in [0.4, 0.5) is 4.39 Å². The molecule has 0 amide bonds. The quantitative estimate of drug-likeness (QED) is 0.190. The lowest BCUT2D eigenvalue weighted by molar-refractivity contribution is 0.184. The summed E-state index contributed by atoms with van der Waals surface area (Å²) in [5.74, 6) is 1.39. The predicted molar refractivity (Wildman–Crippen MR) is 128 cm³/mol. The average Bonchev–Trinajstić information content (AvgIpc) is 2.81. The maximum atomic E-state index is 13.9. The van der Waals surface area contributed by atoms with E-state index in [1.807, 2.05) is 42.7 Å². The van der Waals surface area contributed by atoms with Gasteiger partial charge in [0, 0.05) is 18.0 Å². The first-order valence-corrected chi connectivity index (χ1v) is 12.0. The number of benzene rings is 1. The number of aryl methyl sites for hydroxylation is 1.